The standard InChI is InChI=1S/C20H24O3/c1-16-9-5-6-12-19(16)20(22)13-4-2-3-7-14-23-18-11-8-10-17(21)15-18/h5-6,8-12,15,21H,2-4,7,13-14H2,1H3. The fraction of sp³-hybridized carbons (Fsp3) is 0.350. The highest BCUT2D eigenvalue weighted by Gasteiger charge is 2.07. The fourth-order valence-corrected chi connectivity index (χ4v) is 2.52. The molecule has 0 spiro atoms. The van der Waals surface area contributed by atoms with Gasteiger partial charge in [-0.2, -0.15) is 0 Å². The fourth-order valence-electron chi connectivity index (χ4n) is 2.52. The van der Waals surface area contributed by atoms with Crippen LogP contribution in [-0.4, -0.2) is 17.5 Å². The smallest absolute Gasteiger partial charge is 0.163 e. The summed E-state index contributed by atoms with van der Waals surface area (Å²) in [5.74, 6) is 1.15. The molecule has 0 fully saturated rings. The van der Waals surface area contributed by atoms with Crippen molar-refractivity contribution in [1.82, 2.24) is 0 Å². The highest BCUT2D eigenvalue weighted by molar-refractivity contribution is 5.97. The maximum Gasteiger partial charge on any atom is 0.163 e. The van der Waals surface area contributed by atoms with Crippen molar-refractivity contribution in [3.05, 3.63) is 59.7 Å². The zero-order valence-corrected chi connectivity index (χ0v) is 13.6. The van der Waals surface area contributed by atoms with Crippen molar-refractivity contribution >= 4 is 5.78 Å². The molecule has 0 bridgehead atoms. The minimum atomic E-state index is 0.220. The quantitative estimate of drug-likeness (QED) is 0.528. The summed E-state index contributed by atoms with van der Waals surface area (Å²) in [5.41, 5.74) is 1.90. The molecule has 0 aromatic heterocycles. The largest absolute Gasteiger partial charge is 0.508 e. The molecule has 0 aliphatic rings. The van der Waals surface area contributed by atoms with E-state index in [0.717, 1.165) is 36.8 Å². The number of Topliss-reactive ketones (excluding diaryl/α,β-unsaturated/α-hetero) is 1. The Bertz CT molecular complexity index is 634. The summed E-state index contributed by atoms with van der Waals surface area (Å²) in [7, 11) is 0. The van der Waals surface area contributed by atoms with Crippen molar-refractivity contribution in [2.24, 2.45) is 0 Å². The number of benzene rings is 2. The molecule has 23 heavy (non-hydrogen) atoms. The van der Waals surface area contributed by atoms with Gasteiger partial charge >= 0.3 is 0 Å². The van der Waals surface area contributed by atoms with Gasteiger partial charge in [-0.05, 0) is 37.5 Å². The van der Waals surface area contributed by atoms with Crippen LogP contribution >= 0.6 is 0 Å². The number of rotatable bonds is 9. The van der Waals surface area contributed by atoms with Crippen molar-refractivity contribution in [2.75, 3.05) is 6.61 Å². The number of phenols is 1. The predicted octanol–water partition coefficient (Wildman–Crippen LogP) is 4.91. The average molecular weight is 312 g/mol. The van der Waals surface area contributed by atoms with E-state index in [1.165, 1.54) is 0 Å². The van der Waals surface area contributed by atoms with Crippen LogP contribution < -0.4 is 4.74 Å². The molecule has 0 unspecified atom stereocenters. The van der Waals surface area contributed by atoms with Crippen LogP contribution in [0.3, 0.4) is 0 Å². The zero-order valence-electron chi connectivity index (χ0n) is 13.6. The Balaban J connectivity index is 1.57. The van der Waals surface area contributed by atoms with Gasteiger partial charge in [0, 0.05) is 18.1 Å². The van der Waals surface area contributed by atoms with E-state index in [0.29, 0.717) is 18.8 Å². The molecule has 3 heteroatoms. The van der Waals surface area contributed by atoms with Gasteiger partial charge < -0.3 is 9.84 Å². The van der Waals surface area contributed by atoms with Gasteiger partial charge in [0.25, 0.3) is 0 Å². The molecule has 0 saturated heterocycles. The molecule has 3 nitrogen and oxygen atoms in total. The molecule has 0 heterocycles. The summed E-state index contributed by atoms with van der Waals surface area (Å²) < 4.78 is 5.57. The summed E-state index contributed by atoms with van der Waals surface area (Å²) in [6, 6.07) is 14.6. The number of aromatic hydroxyl groups is 1. The van der Waals surface area contributed by atoms with E-state index in [1.54, 1.807) is 18.2 Å². The van der Waals surface area contributed by atoms with Crippen LogP contribution in [-0.2, 0) is 0 Å². The Labute approximate surface area is 137 Å². The SMILES string of the molecule is Cc1ccccc1C(=O)CCCCCCOc1cccc(O)c1. The lowest BCUT2D eigenvalue weighted by molar-refractivity contribution is 0.0978. The Morgan fingerprint density at radius 2 is 1.78 bits per heavy atom. The zero-order chi connectivity index (χ0) is 16.5. The lowest BCUT2D eigenvalue weighted by Gasteiger charge is -2.07. The maximum atomic E-state index is 12.1. The number of hydrogen-bond donors (Lipinski definition) is 1. The van der Waals surface area contributed by atoms with Crippen molar-refractivity contribution in [3.63, 3.8) is 0 Å². The summed E-state index contributed by atoms with van der Waals surface area (Å²) in [6.45, 7) is 2.61. The van der Waals surface area contributed by atoms with Crippen LogP contribution in [0.1, 0.15) is 48.0 Å². The molecule has 122 valence electrons. The van der Waals surface area contributed by atoms with Crippen molar-refractivity contribution in [1.29, 1.82) is 0 Å². The molecule has 0 aliphatic heterocycles. The van der Waals surface area contributed by atoms with E-state index in [2.05, 4.69) is 0 Å². The normalized spacial score (nSPS) is 10.5. The van der Waals surface area contributed by atoms with E-state index in [4.69, 9.17) is 4.74 Å². The van der Waals surface area contributed by atoms with Gasteiger partial charge in [-0.3, -0.25) is 4.79 Å². The number of ketones is 1. The number of carbonyl (C=O) groups is 1. The second-order valence-corrected chi connectivity index (χ2v) is 5.75. The van der Waals surface area contributed by atoms with E-state index in [-0.39, 0.29) is 11.5 Å². The third-order valence-corrected chi connectivity index (χ3v) is 3.83. The first kappa shape index (κ1) is 17.1. The monoisotopic (exact) mass is 312 g/mol. The van der Waals surface area contributed by atoms with E-state index in [9.17, 15) is 9.90 Å². The van der Waals surface area contributed by atoms with Gasteiger partial charge in [0.2, 0.25) is 0 Å². The number of ether oxygens (including phenoxy) is 1. The number of aryl methyl sites for hydroxylation is 1. The Kier molecular flexibility index (Phi) is 6.67. The average Bonchev–Trinajstić information content (AvgIpc) is 2.54. The van der Waals surface area contributed by atoms with Crippen LogP contribution in [0.2, 0.25) is 0 Å². The van der Waals surface area contributed by atoms with E-state index >= 15 is 0 Å². The number of phenolic OH excluding ortho intramolecular Hbond substituents is 1. The molecule has 2 aromatic rings. The Morgan fingerprint density at radius 3 is 2.57 bits per heavy atom. The minimum absolute atomic E-state index is 0.220. The van der Waals surface area contributed by atoms with E-state index < -0.39 is 0 Å². The molecule has 1 N–H and O–H groups in total. The van der Waals surface area contributed by atoms with Gasteiger partial charge in [-0.25, -0.2) is 0 Å². The molecule has 2 rings (SSSR count). The lowest BCUT2D eigenvalue weighted by Crippen LogP contribution is -2.02. The number of hydrogen-bond acceptors (Lipinski definition) is 3. The highest BCUT2D eigenvalue weighted by Crippen LogP contribution is 2.18. The van der Waals surface area contributed by atoms with Gasteiger partial charge in [-0.15, -0.1) is 0 Å². The molecule has 0 atom stereocenters. The topological polar surface area (TPSA) is 46.5 Å². The first-order valence-corrected chi connectivity index (χ1v) is 8.17. The van der Waals surface area contributed by atoms with Gasteiger partial charge in [0.05, 0.1) is 6.61 Å². The molecule has 0 aliphatic carbocycles. The van der Waals surface area contributed by atoms with Crippen LogP contribution in [0, 0.1) is 6.92 Å². The molecular weight excluding hydrogens is 288 g/mol. The Morgan fingerprint density at radius 1 is 1.00 bits per heavy atom. The molecule has 0 amide bonds. The summed E-state index contributed by atoms with van der Waals surface area (Å²) >= 11 is 0. The van der Waals surface area contributed by atoms with Crippen LogP contribution in [0.15, 0.2) is 48.5 Å². The predicted molar refractivity (Wildman–Crippen MR) is 92.2 cm³/mol. The lowest BCUT2D eigenvalue weighted by atomic mass is 10.0. The Hall–Kier alpha value is -2.29. The van der Waals surface area contributed by atoms with Crippen molar-refractivity contribution in [2.45, 2.75) is 39.0 Å². The molecule has 0 saturated carbocycles. The van der Waals surface area contributed by atoms with Gasteiger partial charge in [-0.1, -0.05) is 43.2 Å². The van der Waals surface area contributed by atoms with Gasteiger partial charge in [0.15, 0.2) is 5.78 Å². The molecule has 2 aromatic carbocycles. The third kappa shape index (κ3) is 5.78. The first-order valence-electron chi connectivity index (χ1n) is 8.17. The third-order valence-electron chi connectivity index (χ3n) is 3.83. The van der Waals surface area contributed by atoms with E-state index in [1.807, 2.05) is 37.3 Å². The number of unbranched alkanes of at least 4 members (excludes halogenated alkanes) is 3. The molecule has 0 radical (unpaired) electrons. The van der Waals surface area contributed by atoms with Crippen molar-refractivity contribution in [3.8, 4) is 11.5 Å². The highest BCUT2D eigenvalue weighted by atomic mass is 16.5. The van der Waals surface area contributed by atoms with Crippen LogP contribution in [0.25, 0.3) is 0 Å². The van der Waals surface area contributed by atoms with Crippen LogP contribution in [0.4, 0.5) is 0 Å². The summed E-state index contributed by atoms with van der Waals surface area (Å²) in [5, 5.41) is 9.34. The minimum Gasteiger partial charge on any atom is -0.508 e. The first-order chi connectivity index (χ1) is 11.2. The second-order valence-electron chi connectivity index (χ2n) is 5.75. The maximum absolute atomic E-state index is 12.1. The summed E-state index contributed by atoms with van der Waals surface area (Å²) in [6.07, 6.45) is 4.55. The van der Waals surface area contributed by atoms with Gasteiger partial charge in [0.1, 0.15) is 11.5 Å². The number of carbonyl (C=O) groups excluding carboxylic acids is 1. The molecular formula is C20H24O3. The van der Waals surface area contributed by atoms with Crippen molar-refractivity contribution < 1.29 is 14.6 Å². The summed E-state index contributed by atoms with van der Waals surface area (Å²) in [4.78, 5) is 12.1. The second kappa shape index (κ2) is 8.99. The van der Waals surface area contributed by atoms with Crippen LogP contribution in [0.5, 0.6) is 11.5 Å².